The quantitative estimate of drug-likeness (QED) is 0.0421. The molecule has 0 saturated heterocycles. The summed E-state index contributed by atoms with van der Waals surface area (Å²) in [4.78, 5) is 0. The van der Waals surface area contributed by atoms with Crippen molar-refractivity contribution >= 4 is 21.8 Å². The molecule has 0 rings (SSSR count). The van der Waals surface area contributed by atoms with Gasteiger partial charge in [-0.05, 0) is 154 Å². The second-order valence-electron chi connectivity index (χ2n) is 33.9. The maximum absolute atomic E-state index is 2.37. The van der Waals surface area contributed by atoms with E-state index in [0.717, 1.165) is 0 Å². The molecule has 0 aromatic rings. The highest BCUT2D eigenvalue weighted by Gasteiger charge is 2.37. The number of rotatable bonds is 84. The fourth-order valence-corrected chi connectivity index (χ4v) is 31.5. The first kappa shape index (κ1) is 115. The van der Waals surface area contributed by atoms with Gasteiger partial charge in [-0.15, -0.1) is 0 Å². The lowest BCUT2D eigenvalue weighted by molar-refractivity contribution is -0.001000. The van der Waals surface area contributed by atoms with Crippen LogP contribution in [0.15, 0.2) is 0 Å². The van der Waals surface area contributed by atoms with Crippen LogP contribution in [0.5, 0.6) is 0 Å². The first-order valence-electron chi connectivity index (χ1n) is 48.3. The molecule has 0 saturated carbocycles. The van der Waals surface area contributed by atoms with Crippen molar-refractivity contribution in [2.45, 2.75) is 545 Å². The number of hydrogen-bond acceptors (Lipinski definition) is 0. The molecule has 0 radical (unpaired) electrons. The molecule has 0 nitrogen and oxygen atoms in total. The summed E-state index contributed by atoms with van der Waals surface area (Å²) in [6.07, 6.45) is 126. The summed E-state index contributed by atoms with van der Waals surface area (Å²) in [5, 5.41) is 0. The summed E-state index contributed by atoms with van der Waals surface area (Å²) in [7, 11) is -2.09. The van der Waals surface area contributed by atoms with Gasteiger partial charge in [-0.3, -0.25) is 0 Å². The zero-order chi connectivity index (χ0) is 72.9. The van der Waals surface area contributed by atoms with Gasteiger partial charge in [-0.25, -0.2) is 0 Å². The van der Waals surface area contributed by atoms with Crippen LogP contribution in [-0.2, 0) is 0 Å². The lowest BCUT2D eigenvalue weighted by atomic mass is 10.1. The van der Waals surface area contributed by atoms with Crippen LogP contribution in [0.2, 0.25) is 0 Å². The van der Waals surface area contributed by atoms with Crippen molar-refractivity contribution in [2.75, 3.05) is 73.9 Å². The average molecular weight is 1560 g/mol. The third kappa shape index (κ3) is 86.1. The smallest absolute Gasteiger partial charge is 0.0594 e. The van der Waals surface area contributed by atoms with E-state index in [9.17, 15) is 0 Å². The maximum Gasteiger partial charge on any atom is 0.0594 e. The van der Waals surface area contributed by atoms with Crippen LogP contribution in [0.4, 0.5) is 0 Å². The minimum atomic E-state index is -0.697. The fraction of sp³-hybridized carbons (Fsp3) is 1.00. The predicted octanol–water partition coefficient (Wildman–Crippen LogP) is 28.4. The van der Waals surface area contributed by atoms with Crippen molar-refractivity contribution in [3.8, 4) is 0 Å². The highest BCUT2D eigenvalue weighted by atomic mass is 35.5. The van der Waals surface area contributed by atoms with Crippen LogP contribution in [0.1, 0.15) is 545 Å². The molecular weight excluding hydrogens is 1350 g/mol. The zero-order valence-electron chi connectivity index (χ0n) is 73.9. The highest BCUT2D eigenvalue weighted by Crippen LogP contribution is 2.63. The van der Waals surface area contributed by atoms with Crippen LogP contribution < -0.4 is 37.2 Å². The van der Waals surface area contributed by atoms with E-state index in [1.54, 1.807) is 151 Å². The van der Waals surface area contributed by atoms with Crippen molar-refractivity contribution < 1.29 is 37.2 Å². The molecule has 0 fully saturated rings. The Morgan fingerprint density at radius 2 is 0.147 bits per heavy atom. The first-order valence-corrected chi connectivity index (χ1v) is 55.9. The van der Waals surface area contributed by atoms with E-state index in [0.29, 0.717) is 0 Å². The molecule has 0 aliphatic heterocycles. The predicted molar refractivity (Wildman–Crippen MR) is 480 cm³/mol. The van der Waals surface area contributed by atoms with Crippen LogP contribution in [0.25, 0.3) is 0 Å². The molecule has 0 aliphatic rings. The van der Waals surface area contributed by atoms with Crippen molar-refractivity contribution in [2.24, 2.45) is 0 Å². The van der Waals surface area contributed by atoms with Crippen molar-refractivity contribution in [3.05, 3.63) is 0 Å². The van der Waals surface area contributed by atoms with Gasteiger partial charge in [0, 0.05) is 21.8 Å². The fourth-order valence-electron chi connectivity index (χ4n) is 16.7. The minimum Gasteiger partial charge on any atom is -1.00 e. The molecule has 0 unspecified atom stereocenters. The summed E-state index contributed by atoms with van der Waals surface area (Å²) in [6.45, 7) is 28.2. The molecule has 0 bridgehead atoms. The standard InChI is InChI=1S/3C32H68P.3ClH/c3*1-5-9-13-17-18-19-20-21-22-23-24-28-32-33(29-25-14-10-6-2,30-26-15-11-7-3)31-27-16-12-8-4;;;/h3*5-32H2,1-4H3;3*1H/q3*+1;;;/p-3. The molecule has 102 heavy (non-hydrogen) atoms. The van der Waals surface area contributed by atoms with Gasteiger partial charge in [0.25, 0.3) is 0 Å². The number of unbranched alkanes of at least 4 members (excludes halogenated alkanes) is 60. The van der Waals surface area contributed by atoms with Crippen molar-refractivity contribution in [1.82, 2.24) is 0 Å². The Bertz CT molecular complexity index is 1140. The first-order chi connectivity index (χ1) is 48.7. The molecule has 0 heterocycles. The van der Waals surface area contributed by atoms with Gasteiger partial charge < -0.3 is 37.2 Å². The van der Waals surface area contributed by atoms with Crippen molar-refractivity contribution in [3.63, 3.8) is 0 Å². The molecule has 0 amide bonds. The molecule has 0 aromatic heterocycles. The molecule has 0 aliphatic carbocycles. The Balaban J connectivity index is -0.000000334. The summed E-state index contributed by atoms with van der Waals surface area (Å²) < 4.78 is 0. The van der Waals surface area contributed by atoms with Crippen LogP contribution in [0.3, 0.4) is 0 Å². The Labute approximate surface area is 673 Å². The summed E-state index contributed by atoms with van der Waals surface area (Å²) in [6, 6.07) is 0. The monoisotopic (exact) mass is 1560 g/mol. The molecular formula is C96H204Cl3P3. The number of hydrogen-bond donors (Lipinski definition) is 0. The Kier molecular flexibility index (Phi) is 112. The third-order valence-corrected chi connectivity index (χ3v) is 39.0. The van der Waals surface area contributed by atoms with Gasteiger partial charge >= 0.3 is 0 Å². The van der Waals surface area contributed by atoms with E-state index >= 15 is 0 Å². The van der Waals surface area contributed by atoms with Gasteiger partial charge in [-0.1, -0.05) is 391 Å². The summed E-state index contributed by atoms with van der Waals surface area (Å²) in [5.41, 5.74) is 0. The molecule has 0 N–H and O–H groups in total. The molecule has 0 aromatic carbocycles. The second kappa shape index (κ2) is 99.2. The Hall–Kier alpha value is 2.16. The van der Waals surface area contributed by atoms with E-state index in [1.807, 2.05) is 0 Å². The van der Waals surface area contributed by atoms with Gasteiger partial charge in [0.05, 0.1) is 73.9 Å². The molecule has 624 valence electrons. The van der Waals surface area contributed by atoms with Gasteiger partial charge in [0.2, 0.25) is 0 Å². The summed E-state index contributed by atoms with van der Waals surface area (Å²) in [5.74, 6) is 0. The maximum atomic E-state index is 2.37. The van der Waals surface area contributed by atoms with Gasteiger partial charge in [-0.2, -0.15) is 0 Å². The second-order valence-corrected chi connectivity index (χ2v) is 47.3. The minimum absolute atomic E-state index is 0. The van der Waals surface area contributed by atoms with Crippen LogP contribution in [0, 0.1) is 0 Å². The largest absolute Gasteiger partial charge is 1.00 e. The molecule has 0 atom stereocenters. The Morgan fingerprint density at radius 3 is 0.225 bits per heavy atom. The molecule has 6 heteroatoms. The third-order valence-electron chi connectivity index (χ3n) is 23.8. The van der Waals surface area contributed by atoms with Crippen molar-refractivity contribution in [1.29, 1.82) is 0 Å². The number of halogens is 3. The summed E-state index contributed by atoms with van der Waals surface area (Å²) >= 11 is 0. The SMILES string of the molecule is CCCCCCCCCCCCCC[P+](CCCCCC)(CCCCCC)CCCCCC.CCCCCCCCCCCCCC[P+](CCCCCC)(CCCCCC)CCCCCC.CCCCCCCCCCCCCC[P+](CCCCCC)(CCCCCC)CCCCCC.[Cl-].[Cl-].[Cl-]. The average Bonchev–Trinajstić information content (AvgIpc) is 0.890. The van der Waals surface area contributed by atoms with Gasteiger partial charge in [0.15, 0.2) is 0 Å². The topological polar surface area (TPSA) is 0 Å². The van der Waals surface area contributed by atoms with E-state index < -0.39 is 21.8 Å². The van der Waals surface area contributed by atoms with E-state index in [4.69, 9.17) is 0 Å². The van der Waals surface area contributed by atoms with E-state index in [-0.39, 0.29) is 37.2 Å². The lowest BCUT2D eigenvalue weighted by Crippen LogP contribution is -3.00. The Morgan fingerprint density at radius 1 is 0.0882 bits per heavy atom. The lowest BCUT2D eigenvalue weighted by Gasteiger charge is -2.28. The molecule has 0 spiro atoms. The van der Waals surface area contributed by atoms with E-state index in [1.165, 1.54) is 385 Å². The highest BCUT2D eigenvalue weighted by molar-refractivity contribution is 7.76. The zero-order valence-corrected chi connectivity index (χ0v) is 78.8. The normalized spacial score (nSPS) is 11.6. The van der Waals surface area contributed by atoms with Crippen LogP contribution >= 0.6 is 21.8 Å². The van der Waals surface area contributed by atoms with E-state index in [2.05, 4.69) is 83.1 Å². The van der Waals surface area contributed by atoms with Gasteiger partial charge in [0.1, 0.15) is 0 Å². The van der Waals surface area contributed by atoms with Crippen LogP contribution in [-0.4, -0.2) is 73.9 Å².